The summed E-state index contributed by atoms with van der Waals surface area (Å²) >= 11 is 0. The zero-order valence-electron chi connectivity index (χ0n) is 33.4. The summed E-state index contributed by atoms with van der Waals surface area (Å²) in [6.45, 7) is 3.92. The van der Waals surface area contributed by atoms with Crippen molar-refractivity contribution in [3.8, 4) is 56.4 Å². The smallest absolute Gasteiger partial charge is 0.164 e. The van der Waals surface area contributed by atoms with Crippen molar-refractivity contribution in [3.63, 3.8) is 0 Å². The summed E-state index contributed by atoms with van der Waals surface area (Å²) in [5.41, 5.74) is 16.5. The molecule has 7 aromatic carbocycles. The van der Waals surface area contributed by atoms with Gasteiger partial charge in [0.05, 0.1) is 0 Å². The average Bonchev–Trinajstić information content (AvgIpc) is 3.71. The van der Waals surface area contributed by atoms with Crippen molar-refractivity contribution in [1.29, 1.82) is 0 Å². The molecule has 0 spiro atoms. The summed E-state index contributed by atoms with van der Waals surface area (Å²) in [5, 5.41) is 2.13. The van der Waals surface area contributed by atoms with Crippen LogP contribution in [0.2, 0.25) is 0 Å². The highest BCUT2D eigenvalue weighted by Gasteiger charge is 2.27. The molecule has 0 bridgehead atoms. The molecule has 9 aromatic rings. The minimum Gasteiger partial charge on any atom is -0.456 e. The topological polar surface area (TPSA) is 51.8 Å². The predicted molar refractivity (Wildman–Crippen MR) is 251 cm³/mol. The average molecular weight is 782 g/mol. The van der Waals surface area contributed by atoms with Crippen molar-refractivity contribution in [2.75, 3.05) is 0 Å². The van der Waals surface area contributed by atoms with Crippen LogP contribution in [0.3, 0.4) is 0 Å². The minimum absolute atomic E-state index is 0.328. The summed E-state index contributed by atoms with van der Waals surface area (Å²) in [5.74, 6) is 2.13. The number of fused-ring (bicyclic) bond motifs is 6. The Hall–Kier alpha value is -7.95. The van der Waals surface area contributed by atoms with Gasteiger partial charge in [0.1, 0.15) is 11.2 Å². The van der Waals surface area contributed by atoms with Gasteiger partial charge in [-0.1, -0.05) is 170 Å². The van der Waals surface area contributed by atoms with Gasteiger partial charge in [-0.2, -0.15) is 0 Å². The molecule has 61 heavy (non-hydrogen) atoms. The van der Waals surface area contributed by atoms with Crippen LogP contribution >= 0.6 is 0 Å². The Kier molecular flexibility index (Phi) is 9.09. The van der Waals surface area contributed by atoms with Crippen LogP contribution in [0.15, 0.2) is 222 Å². The fourth-order valence-electron chi connectivity index (χ4n) is 8.80. The number of nitrogens with zero attached hydrogens (tertiary/aromatic N) is 3. The van der Waals surface area contributed by atoms with Crippen LogP contribution in [0, 0.1) is 0 Å². The molecule has 2 aromatic heterocycles. The van der Waals surface area contributed by atoms with Crippen LogP contribution in [0.25, 0.3) is 90.0 Å². The largest absolute Gasteiger partial charge is 0.456 e. The van der Waals surface area contributed by atoms with E-state index >= 15 is 0 Å². The first-order chi connectivity index (χ1) is 30.1. The molecule has 1 unspecified atom stereocenters. The number of hydrogen-bond donors (Lipinski definition) is 0. The normalized spacial score (nSPS) is 14.6. The van der Waals surface area contributed by atoms with Crippen LogP contribution in [0.5, 0.6) is 0 Å². The highest BCUT2D eigenvalue weighted by Crippen LogP contribution is 2.45. The van der Waals surface area contributed by atoms with Crippen LogP contribution in [0.4, 0.5) is 0 Å². The third-order valence-electron chi connectivity index (χ3n) is 11.8. The van der Waals surface area contributed by atoms with E-state index in [0.717, 1.165) is 67.3 Å². The molecule has 2 heterocycles. The van der Waals surface area contributed by atoms with Gasteiger partial charge in [-0.25, -0.2) is 15.0 Å². The summed E-state index contributed by atoms with van der Waals surface area (Å²) in [6, 6.07) is 59.2. The molecule has 2 aliphatic carbocycles. The van der Waals surface area contributed by atoms with Crippen molar-refractivity contribution < 1.29 is 4.42 Å². The standard InChI is InChI=1S/C57H39N3O/c1-2-3-14-45-33-44-19-10-11-24-48(44)49-28-25-42(34-52(45)49)40-21-12-20-39(31-40)41-22-13-23-46(32-41)56-58-55(38-17-8-5-9-18-38)59-57(60-56)47-27-30-51-50-29-26-43(37-15-6-4-7-16-37)35-53(50)61-54(51)36-47/h2-27,29-36,49H,1,28H2/b14-3-. The SMILES string of the molecule is C=C/C=C\C1=Cc2ccccc2C2CC=C(c3cccc(-c4cccc(-c5nc(-c6ccccc6)nc(-c6ccc7c(c6)oc6cc(-c8ccccc8)ccc67)n5)c4)c3)C=C12. The molecule has 0 amide bonds. The van der Waals surface area contributed by atoms with E-state index in [0.29, 0.717) is 23.4 Å². The molecule has 0 aliphatic heterocycles. The number of hydrogen-bond acceptors (Lipinski definition) is 4. The van der Waals surface area contributed by atoms with Gasteiger partial charge in [0.15, 0.2) is 17.5 Å². The molecule has 0 N–H and O–H groups in total. The number of furan rings is 1. The van der Waals surface area contributed by atoms with E-state index in [9.17, 15) is 0 Å². The zero-order chi connectivity index (χ0) is 40.7. The molecule has 4 heteroatoms. The number of aromatic nitrogens is 3. The molecule has 0 fully saturated rings. The lowest BCUT2D eigenvalue weighted by atomic mass is 9.73. The van der Waals surface area contributed by atoms with E-state index in [1.165, 1.54) is 33.4 Å². The number of benzene rings is 7. The first-order valence-electron chi connectivity index (χ1n) is 20.7. The van der Waals surface area contributed by atoms with Gasteiger partial charge in [-0.05, 0) is 105 Å². The Morgan fingerprint density at radius 3 is 1.75 bits per heavy atom. The van der Waals surface area contributed by atoms with Gasteiger partial charge in [0.25, 0.3) is 0 Å². The van der Waals surface area contributed by atoms with Crippen LogP contribution in [-0.2, 0) is 0 Å². The van der Waals surface area contributed by atoms with Gasteiger partial charge in [-0.3, -0.25) is 0 Å². The zero-order valence-corrected chi connectivity index (χ0v) is 33.4. The van der Waals surface area contributed by atoms with E-state index in [2.05, 4.69) is 158 Å². The summed E-state index contributed by atoms with van der Waals surface area (Å²) in [6.07, 6.45) is 14.1. The van der Waals surface area contributed by atoms with Crippen LogP contribution in [-0.4, -0.2) is 15.0 Å². The van der Waals surface area contributed by atoms with Gasteiger partial charge in [0, 0.05) is 33.4 Å². The third kappa shape index (κ3) is 6.84. The summed E-state index contributed by atoms with van der Waals surface area (Å²) in [4.78, 5) is 15.2. The van der Waals surface area contributed by atoms with E-state index < -0.39 is 0 Å². The van der Waals surface area contributed by atoms with Crippen LogP contribution < -0.4 is 0 Å². The highest BCUT2D eigenvalue weighted by molar-refractivity contribution is 6.06. The molecule has 4 nitrogen and oxygen atoms in total. The lowest BCUT2D eigenvalue weighted by Gasteiger charge is -2.30. The first-order valence-corrected chi connectivity index (χ1v) is 20.7. The quantitative estimate of drug-likeness (QED) is 0.144. The minimum atomic E-state index is 0.328. The Morgan fingerprint density at radius 2 is 1.03 bits per heavy atom. The Morgan fingerprint density at radius 1 is 0.492 bits per heavy atom. The maximum atomic E-state index is 6.50. The fraction of sp³-hybridized carbons (Fsp3) is 0.0351. The maximum absolute atomic E-state index is 6.50. The highest BCUT2D eigenvalue weighted by atomic mass is 16.3. The third-order valence-corrected chi connectivity index (χ3v) is 11.8. The fourth-order valence-corrected chi connectivity index (χ4v) is 8.80. The number of rotatable bonds is 8. The lowest BCUT2D eigenvalue weighted by Crippen LogP contribution is -2.13. The van der Waals surface area contributed by atoms with E-state index in [-0.39, 0.29) is 0 Å². The van der Waals surface area contributed by atoms with Crippen molar-refractivity contribution in [3.05, 3.63) is 235 Å². The van der Waals surface area contributed by atoms with Crippen molar-refractivity contribution in [1.82, 2.24) is 15.0 Å². The summed E-state index contributed by atoms with van der Waals surface area (Å²) in [7, 11) is 0. The monoisotopic (exact) mass is 781 g/mol. The molecular formula is C57H39N3O. The van der Waals surface area contributed by atoms with Gasteiger partial charge < -0.3 is 4.42 Å². The second-order valence-corrected chi connectivity index (χ2v) is 15.6. The van der Waals surface area contributed by atoms with Crippen molar-refractivity contribution >= 4 is 33.6 Å². The lowest BCUT2D eigenvalue weighted by molar-refractivity contribution is 0.669. The molecule has 0 saturated carbocycles. The molecule has 0 saturated heterocycles. The van der Waals surface area contributed by atoms with Crippen molar-refractivity contribution in [2.45, 2.75) is 12.3 Å². The van der Waals surface area contributed by atoms with Crippen LogP contribution in [0.1, 0.15) is 29.0 Å². The molecule has 1 atom stereocenters. The van der Waals surface area contributed by atoms with Gasteiger partial charge in [0.2, 0.25) is 0 Å². The summed E-state index contributed by atoms with van der Waals surface area (Å²) < 4.78 is 6.50. The molecular weight excluding hydrogens is 743 g/mol. The first kappa shape index (κ1) is 36.2. The van der Waals surface area contributed by atoms with Crippen molar-refractivity contribution in [2.24, 2.45) is 0 Å². The van der Waals surface area contributed by atoms with E-state index in [1.54, 1.807) is 0 Å². The van der Waals surface area contributed by atoms with E-state index in [4.69, 9.17) is 19.4 Å². The molecule has 11 rings (SSSR count). The molecule has 288 valence electrons. The molecule has 2 aliphatic rings. The predicted octanol–water partition coefficient (Wildman–Crippen LogP) is 14.7. The van der Waals surface area contributed by atoms with E-state index in [1.807, 2.05) is 54.6 Å². The second kappa shape index (κ2) is 15.3. The van der Waals surface area contributed by atoms with Gasteiger partial charge in [-0.15, -0.1) is 0 Å². The maximum Gasteiger partial charge on any atom is 0.164 e. The Bertz CT molecular complexity index is 3290. The second-order valence-electron chi connectivity index (χ2n) is 15.6. The Balaban J connectivity index is 0.951. The number of allylic oxidation sites excluding steroid dienone is 8. The Labute approximate surface area is 355 Å². The molecule has 0 radical (unpaired) electrons. The van der Waals surface area contributed by atoms with Gasteiger partial charge >= 0.3 is 0 Å².